The van der Waals surface area contributed by atoms with Crippen molar-refractivity contribution in [2.75, 3.05) is 32.6 Å². The fraction of sp³-hybridized carbons (Fsp3) is 0.765. The Morgan fingerprint density at radius 2 is 2.17 bits per heavy atom. The maximum atomic E-state index is 4.58. The fourth-order valence-electron chi connectivity index (χ4n) is 3.19. The Labute approximate surface area is 167 Å². The van der Waals surface area contributed by atoms with Crippen LogP contribution in [0, 0.1) is 11.8 Å². The van der Waals surface area contributed by atoms with Gasteiger partial charge in [0.1, 0.15) is 0 Å². The summed E-state index contributed by atoms with van der Waals surface area (Å²) in [5.74, 6) is 2.65. The number of nitrogens with one attached hydrogen (secondary N) is 2. The van der Waals surface area contributed by atoms with Crippen LogP contribution in [0.2, 0.25) is 0 Å². The summed E-state index contributed by atoms with van der Waals surface area (Å²) < 4.78 is 0. The summed E-state index contributed by atoms with van der Waals surface area (Å²) in [6.45, 7) is 4.09. The highest BCUT2D eigenvalue weighted by Crippen LogP contribution is 2.30. The highest BCUT2D eigenvalue weighted by molar-refractivity contribution is 14.0. The molecule has 0 aliphatic heterocycles. The van der Waals surface area contributed by atoms with Crippen molar-refractivity contribution in [1.29, 1.82) is 0 Å². The lowest BCUT2D eigenvalue weighted by molar-refractivity contribution is 0.270. The summed E-state index contributed by atoms with van der Waals surface area (Å²) in [4.78, 5) is 10.9. The number of hydrogen-bond acceptors (Lipinski definition) is 4. The van der Waals surface area contributed by atoms with E-state index in [-0.39, 0.29) is 24.0 Å². The first-order valence-corrected chi connectivity index (χ1v) is 9.52. The van der Waals surface area contributed by atoms with Gasteiger partial charge < -0.3 is 15.5 Å². The third kappa shape index (κ3) is 7.13. The van der Waals surface area contributed by atoms with E-state index in [4.69, 9.17) is 0 Å². The van der Waals surface area contributed by atoms with Crippen molar-refractivity contribution in [3.63, 3.8) is 0 Å². The Hall–Kier alpha value is -0.570. The lowest BCUT2D eigenvalue weighted by Gasteiger charge is -2.26. The monoisotopic (exact) mass is 465 g/mol. The van der Waals surface area contributed by atoms with Gasteiger partial charge in [-0.15, -0.1) is 35.3 Å². The van der Waals surface area contributed by atoms with Gasteiger partial charge in [0.2, 0.25) is 0 Å². The quantitative estimate of drug-likeness (QED) is 0.382. The number of aromatic nitrogens is 1. The molecule has 2 atom stereocenters. The molecule has 1 saturated carbocycles. The second-order valence-corrected chi connectivity index (χ2v) is 7.63. The molecule has 1 fully saturated rings. The van der Waals surface area contributed by atoms with Gasteiger partial charge in [-0.05, 0) is 24.7 Å². The molecular weight excluding hydrogens is 433 g/mol. The van der Waals surface area contributed by atoms with Crippen LogP contribution in [0.25, 0.3) is 0 Å². The third-order valence-electron chi connectivity index (χ3n) is 4.47. The molecule has 24 heavy (non-hydrogen) atoms. The molecule has 7 heteroatoms. The van der Waals surface area contributed by atoms with E-state index in [0.29, 0.717) is 6.54 Å². The molecule has 0 spiro atoms. The van der Waals surface area contributed by atoms with Crippen LogP contribution >= 0.6 is 35.3 Å². The summed E-state index contributed by atoms with van der Waals surface area (Å²) in [7, 11) is 5.86. The largest absolute Gasteiger partial charge is 0.356 e. The summed E-state index contributed by atoms with van der Waals surface area (Å²) in [5.41, 5.74) is 1.06. The Balaban J connectivity index is 0.00000288. The lowest BCUT2D eigenvalue weighted by atomic mass is 9.81. The molecule has 1 heterocycles. The van der Waals surface area contributed by atoms with Gasteiger partial charge in [0.15, 0.2) is 11.1 Å². The number of nitrogens with zero attached hydrogens (tertiary/aromatic N) is 3. The molecule has 1 aliphatic carbocycles. The predicted octanol–water partition coefficient (Wildman–Crippen LogP) is 3.71. The first-order chi connectivity index (χ1) is 11.1. The Kier molecular flexibility index (Phi) is 9.95. The maximum absolute atomic E-state index is 4.58. The fourth-order valence-corrected chi connectivity index (χ4v) is 3.95. The van der Waals surface area contributed by atoms with Crippen LogP contribution in [0.3, 0.4) is 0 Å². The summed E-state index contributed by atoms with van der Waals surface area (Å²) >= 11 is 1.67. The van der Waals surface area contributed by atoms with Crippen molar-refractivity contribution in [2.24, 2.45) is 16.8 Å². The number of guanidine groups is 1. The van der Waals surface area contributed by atoms with E-state index >= 15 is 0 Å². The number of thiazole rings is 1. The second kappa shape index (κ2) is 11.1. The van der Waals surface area contributed by atoms with Gasteiger partial charge in [-0.2, -0.15) is 0 Å². The van der Waals surface area contributed by atoms with Crippen LogP contribution in [0.15, 0.2) is 10.4 Å². The van der Waals surface area contributed by atoms with E-state index < -0.39 is 0 Å². The molecule has 138 valence electrons. The highest BCUT2D eigenvalue weighted by Gasteiger charge is 2.18. The molecule has 5 nitrogen and oxygen atoms in total. The standard InChI is InChI=1S/C17H31N5S.HI/c1-13-6-5-7-14(10-13)8-9-19-16(18-2)20-11-15-12-23-17(21-15)22(3)4;/h12-14H,5-11H2,1-4H3,(H2,18,19,20);1H. The molecule has 2 unspecified atom stereocenters. The molecule has 1 aliphatic rings. The number of hydrogen-bond donors (Lipinski definition) is 2. The van der Waals surface area contributed by atoms with E-state index in [1.54, 1.807) is 11.3 Å². The van der Waals surface area contributed by atoms with Gasteiger partial charge in [0, 0.05) is 33.1 Å². The van der Waals surface area contributed by atoms with E-state index in [0.717, 1.165) is 35.2 Å². The molecular formula is C17H32IN5S. The van der Waals surface area contributed by atoms with Crippen molar-refractivity contribution in [3.05, 3.63) is 11.1 Å². The highest BCUT2D eigenvalue weighted by atomic mass is 127. The molecule has 2 N–H and O–H groups in total. The average Bonchev–Trinajstić information content (AvgIpc) is 3.00. The minimum Gasteiger partial charge on any atom is -0.356 e. The number of anilines is 1. The van der Waals surface area contributed by atoms with E-state index in [9.17, 15) is 0 Å². The van der Waals surface area contributed by atoms with Crippen LogP contribution < -0.4 is 15.5 Å². The second-order valence-electron chi connectivity index (χ2n) is 6.79. The number of halogens is 1. The van der Waals surface area contributed by atoms with E-state index in [1.165, 1.54) is 32.1 Å². The smallest absolute Gasteiger partial charge is 0.191 e. The van der Waals surface area contributed by atoms with Crippen molar-refractivity contribution in [3.8, 4) is 0 Å². The molecule has 1 aromatic rings. The lowest BCUT2D eigenvalue weighted by Crippen LogP contribution is -2.38. The van der Waals surface area contributed by atoms with Crippen LogP contribution in [-0.2, 0) is 6.54 Å². The normalized spacial score (nSPS) is 21.1. The van der Waals surface area contributed by atoms with Crippen LogP contribution in [-0.4, -0.2) is 38.6 Å². The minimum absolute atomic E-state index is 0. The third-order valence-corrected chi connectivity index (χ3v) is 5.53. The molecule has 0 amide bonds. The average molecular weight is 465 g/mol. The van der Waals surface area contributed by atoms with Gasteiger partial charge in [-0.3, -0.25) is 4.99 Å². The van der Waals surface area contributed by atoms with Crippen LogP contribution in [0.1, 0.15) is 44.7 Å². The molecule has 2 rings (SSSR count). The molecule has 1 aromatic heterocycles. The van der Waals surface area contributed by atoms with Crippen LogP contribution in [0.5, 0.6) is 0 Å². The summed E-state index contributed by atoms with van der Waals surface area (Å²) in [6.07, 6.45) is 6.84. The maximum Gasteiger partial charge on any atom is 0.191 e. The van der Waals surface area contributed by atoms with Gasteiger partial charge in [-0.1, -0.05) is 26.2 Å². The molecule has 0 saturated heterocycles. The van der Waals surface area contributed by atoms with Crippen molar-refractivity contribution >= 4 is 46.4 Å². The van der Waals surface area contributed by atoms with Crippen molar-refractivity contribution in [1.82, 2.24) is 15.6 Å². The Morgan fingerprint density at radius 3 is 2.79 bits per heavy atom. The van der Waals surface area contributed by atoms with Gasteiger partial charge in [0.25, 0.3) is 0 Å². The Morgan fingerprint density at radius 1 is 1.38 bits per heavy atom. The van der Waals surface area contributed by atoms with Crippen LogP contribution in [0.4, 0.5) is 5.13 Å². The SMILES string of the molecule is CN=C(NCCC1CCCC(C)C1)NCc1csc(N(C)C)n1.I. The summed E-state index contributed by atoms with van der Waals surface area (Å²) in [5, 5.41) is 9.92. The van der Waals surface area contributed by atoms with Crippen molar-refractivity contribution in [2.45, 2.75) is 45.6 Å². The Bertz CT molecular complexity index is 503. The van der Waals surface area contributed by atoms with Crippen molar-refractivity contribution < 1.29 is 0 Å². The number of aliphatic imine (C=N–C) groups is 1. The van der Waals surface area contributed by atoms with E-state index in [1.807, 2.05) is 26.0 Å². The predicted molar refractivity (Wildman–Crippen MR) is 116 cm³/mol. The zero-order valence-corrected chi connectivity index (χ0v) is 18.5. The topological polar surface area (TPSA) is 52.6 Å². The zero-order valence-electron chi connectivity index (χ0n) is 15.3. The summed E-state index contributed by atoms with van der Waals surface area (Å²) in [6, 6.07) is 0. The van der Waals surface area contributed by atoms with Gasteiger partial charge in [0.05, 0.1) is 12.2 Å². The first kappa shape index (κ1) is 21.5. The number of rotatable bonds is 6. The minimum atomic E-state index is 0. The zero-order chi connectivity index (χ0) is 16.7. The molecule has 0 bridgehead atoms. The molecule has 0 aromatic carbocycles. The first-order valence-electron chi connectivity index (χ1n) is 8.64. The van der Waals surface area contributed by atoms with Gasteiger partial charge >= 0.3 is 0 Å². The molecule has 0 radical (unpaired) electrons. The van der Waals surface area contributed by atoms with Gasteiger partial charge in [-0.25, -0.2) is 4.98 Å². The van der Waals surface area contributed by atoms with E-state index in [2.05, 4.69) is 32.9 Å².